The Morgan fingerprint density at radius 3 is 2.78 bits per heavy atom. The first-order chi connectivity index (χ1) is 8.60. The molecule has 0 saturated carbocycles. The number of aromatic nitrogens is 2. The molecule has 0 bridgehead atoms. The van der Waals surface area contributed by atoms with Gasteiger partial charge in [-0.15, -0.1) is 0 Å². The Labute approximate surface area is 105 Å². The molecule has 2 aromatic rings. The maximum atomic E-state index is 13.3. The van der Waals surface area contributed by atoms with Gasteiger partial charge in [0, 0.05) is 6.42 Å². The van der Waals surface area contributed by atoms with Crippen molar-refractivity contribution in [2.75, 3.05) is 12.8 Å². The van der Waals surface area contributed by atoms with Crippen molar-refractivity contribution < 1.29 is 9.13 Å². The van der Waals surface area contributed by atoms with Crippen LogP contribution < -0.4 is 10.5 Å². The number of methoxy groups -OCH3 is 1. The minimum Gasteiger partial charge on any atom is -0.497 e. The van der Waals surface area contributed by atoms with E-state index in [0.29, 0.717) is 12.2 Å². The summed E-state index contributed by atoms with van der Waals surface area (Å²) in [4.78, 5) is 8.01. The van der Waals surface area contributed by atoms with Gasteiger partial charge in [0.1, 0.15) is 11.6 Å². The lowest BCUT2D eigenvalue weighted by molar-refractivity contribution is 0.414. The standard InChI is InChI=1S/C13H14FN3O/c1-8-12(14)13(15)17-11(16-8)7-9-4-3-5-10(6-9)18-2/h3-6H,7H2,1-2H3,(H2,15,16,17). The molecule has 0 aliphatic rings. The molecule has 4 nitrogen and oxygen atoms in total. The highest BCUT2D eigenvalue weighted by molar-refractivity contribution is 5.34. The molecular formula is C13H14FN3O. The molecule has 0 amide bonds. The predicted molar refractivity (Wildman–Crippen MR) is 66.9 cm³/mol. The molecule has 0 saturated heterocycles. The Hall–Kier alpha value is -2.17. The SMILES string of the molecule is COc1cccc(Cc2nc(C)c(F)c(N)n2)c1. The maximum absolute atomic E-state index is 13.3. The van der Waals surface area contributed by atoms with Crippen LogP contribution in [0.3, 0.4) is 0 Å². The first-order valence-corrected chi connectivity index (χ1v) is 5.51. The summed E-state index contributed by atoms with van der Waals surface area (Å²) in [6.45, 7) is 1.57. The minimum absolute atomic E-state index is 0.111. The minimum atomic E-state index is -0.551. The maximum Gasteiger partial charge on any atom is 0.186 e. The highest BCUT2D eigenvalue weighted by atomic mass is 19.1. The lowest BCUT2D eigenvalue weighted by Gasteiger charge is -2.06. The van der Waals surface area contributed by atoms with Crippen LogP contribution in [0.15, 0.2) is 24.3 Å². The number of benzene rings is 1. The second kappa shape index (κ2) is 5.00. The Bertz CT molecular complexity index is 549. The molecule has 1 heterocycles. The molecule has 1 aromatic heterocycles. The summed E-state index contributed by atoms with van der Waals surface area (Å²) >= 11 is 0. The topological polar surface area (TPSA) is 61.0 Å². The molecule has 94 valence electrons. The average molecular weight is 247 g/mol. The molecule has 0 aliphatic carbocycles. The molecule has 0 atom stereocenters. The summed E-state index contributed by atoms with van der Waals surface area (Å²) in [6, 6.07) is 7.56. The lowest BCUT2D eigenvalue weighted by atomic mass is 10.1. The number of anilines is 1. The largest absolute Gasteiger partial charge is 0.497 e. The molecule has 0 unspecified atom stereocenters. The van der Waals surface area contributed by atoms with Crippen LogP contribution in [-0.2, 0) is 6.42 Å². The summed E-state index contributed by atoms with van der Waals surface area (Å²) in [7, 11) is 1.61. The van der Waals surface area contributed by atoms with Gasteiger partial charge in [-0.2, -0.15) is 0 Å². The Balaban J connectivity index is 2.28. The van der Waals surface area contributed by atoms with Crippen molar-refractivity contribution in [3.63, 3.8) is 0 Å². The molecule has 0 fully saturated rings. The van der Waals surface area contributed by atoms with Gasteiger partial charge in [0.2, 0.25) is 0 Å². The monoisotopic (exact) mass is 247 g/mol. The number of rotatable bonds is 3. The van der Waals surface area contributed by atoms with Crippen LogP contribution in [0.1, 0.15) is 17.1 Å². The number of hydrogen-bond donors (Lipinski definition) is 1. The highest BCUT2D eigenvalue weighted by Gasteiger charge is 2.09. The Morgan fingerprint density at radius 1 is 1.33 bits per heavy atom. The Kier molecular flexibility index (Phi) is 3.41. The van der Waals surface area contributed by atoms with Crippen molar-refractivity contribution in [1.82, 2.24) is 9.97 Å². The normalized spacial score (nSPS) is 10.4. The van der Waals surface area contributed by atoms with Crippen LogP contribution in [-0.4, -0.2) is 17.1 Å². The molecule has 18 heavy (non-hydrogen) atoms. The summed E-state index contributed by atoms with van der Waals surface area (Å²) in [6.07, 6.45) is 0.489. The van der Waals surface area contributed by atoms with Gasteiger partial charge < -0.3 is 10.5 Å². The van der Waals surface area contributed by atoms with Crippen molar-refractivity contribution in [2.24, 2.45) is 0 Å². The van der Waals surface area contributed by atoms with Gasteiger partial charge in [0.05, 0.1) is 12.8 Å². The lowest BCUT2D eigenvalue weighted by Crippen LogP contribution is -2.06. The third-order valence-electron chi connectivity index (χ3n) is 2.59. The van der Waals surface area contributed by atoms with E-state index < -0.39 is 5.82 Å². The van der Waals surface area contributed by atoms with Gasteiger partial charge >= 0.3 is 0 Å². The van der Waals surface area contributed by atoms with Crippen LogP contribution in [0.2, 0.25) is 0 Å². The zero-order valence-corrected chi connectivity index (χ0v) is 10.3. The van der Waals surface area contributed by atoms with E-state index in [9.17, 15) is 4.39 Å². The molecule has 1 aromatic carbocycles. The van der Waals surface area contributed by atoms with Gasteiger partial charge in [-0.1, -0.05) is 12.1 Å². The fraction of sp³-hybridized carbons (Fsp3) is 0.231. The van der Waals surface area contributed by atoms with Gasteiger partial charge in [0.15, 0.2) is 11.6 Å². The van der Waals surface area contributed by atoms with E-state index in [4.69, 9.17) is 10.5 Å². The van der Waals surface area contributed by atoms with E-state index in [-0.39, 0.29) is 11.5 Å². The average Bonchev–Trinajstić information content (AvgIpc) is 2.36. The van der Waals surface area contributed by atoms with Crippen LogP contribution in [0.5, 0.6) is 5.75 Å². The molecule has 0 spiro atoms. The van der Waals surface area contributed by atoms with E-state index in [2.05, 4.69) is 9.97 Å². The molecule has 2 N–H and O–H groups in total. The third-order valence-corrected chi connectivity index (χ3v) is 2.59. The van der Waals surface area contributed by atoms with E-state index in [0.717, 1.165) is 11.3 Å². The fourth-order valence-electron chi connectivity index (χ4n) is 1.69. The second-order valence-electron chi connectivity index (χ2n) is 3.95. The molecule has 0 radical (unpaired) electrons. The number of ether oxygens (including phenoxy) is 1. The van der Waals surface area contributed by atoms with Gasteiger partial charge in [-0.05, 0) is 24.6 Å². The number of halogens is 1. The highest BCUT2D eigenvalue weighted by Crippen LogP contribution is 2.16. The molecule has 0 aliphatic heterocycles. The fourth-order valence-corrected chi connectivity index (χ4v) is 1.69. The zero-order valence-electron chi connectivity index (χ0n) is 10.3. The second-order valence-corrected chi connectivity index (χ2v) is 3.95. The van der Waals surface area contributed by atoms with Gasteiger partial charge in [-0.3, -0.25) is 0 Å². The van der Waals surface area contributed by atoms with Crippen LogP contribution in [0.25, 0.3) is 0 Å². The zero-order chi connectivity index (χ0) is 13.1. The van der Waals surface area contributed by atoms with Crippen molar-refractivity contribution in [3.05, 3.63) is 47.2 Å². The van der Waals surface area contributed by atoms with Crippen molar-refractivity contribution in [1.29, 1.82) is 0 Å². The summed E-state index contributed by atoms with van der Waals surface area (Å²) in [5, 5.41) is 0. The molecule has 5 heteroatoms. The van der Waals surface area contributed by atoms with E-state index in [1.54, 1.807) is 14.0 Å². The van der Waals surface area contributed by atoms with E-state index in [1.165, 1.54) is 0 Å². The number of hydrogen-bond acceptors (Lipinski definition) is 4. The third kappa shape index (κ3) is 2.56. The first kappa shape index (κ1) is 12.3. The van der Waals surface area contributed by atoms with Crippen LogP contribution in [0.4, 0.5) is 10.2 Å². The predicted octanol–water partition coefficient (Wildman–Crippen LogP) is 2.11. The van der Waals surface area contributed by atoms with Gasteiger partial charge in [0.25, 0.3) is 0 Å². The van der Waals surface area contributed by atoms with Crippen LogP contribution in [0, 0.1) is 12.7 Å². The number of nitrogens with two attached hydrogens (primary N) is 1. The van der Waals surface area contributed by atoms with Crippen molar-refractivity contribution in [2.45, 2.75) is 13.3 Å². The van der Waals surface area contributed by atoms with E-state index >= 15 is 0 Å². The van der Waals surface area contributed by atoms with Crippen molar-refractivity contribution in [3.8, 4) is 5.75 Å². The van der Waals surface area contributed by atoms with Gasteiger partial charge in [-0.25, -0.2) is 14.4 Å². The number of aryl methyl sites for hydroxylation is 1. The van der Waals surface area contributed by atoms with Crippen molar-refractivity contribution >= 4 is 5.82 Å². The summed E-state index contributed by atoms with van der Waals surface area (Å²) in [5.74, 6) is 0.601. The first-order valence-electron chi connectivity index (χ1n) is 5.51. The molecular weight excluding hydrogens is 233 g/mol. The summed E-state index contributed by atoms with van der Waals surface area (Å²) in [5.41, 5.74) is 6.73. The number of nitrogen functional groups attached to an aromatic ring is 1. The summed E-state index contributed by atoms with van der Waals surface area (Å²) < 4.78 is 18.4. The van der Waals surface area contributed by atoms with E-state index in [1.807, 2.05) is 24.3 Å². The quantitative estimate of drug-likeness (QED) is 0.902. The molecule has 2 rings (SSSR count). The smallest absolute Gasteiger partial charge is 0.186 e. The van der Waals surface area contributed by atoms with Crippen LogP contribution >= 0.6 is 0 Å². The Morgan fingerprint density at radius 2 is 2.11 bits per heavy atom. The number of nitrogens with zero attached hydrogens (tertiary/aromatic N) is 2.